The minimum Gasteiger partial charge on any atom is -0.507 e. The fourth-order valence-corrected chi connectivity index (χ4v) is 4.56. The van der Waals surface area contributed by atoms with Gasteiger partial charge >= 0.3 is 0 Å². The van der Waals surface area contributed by atoms with Crippen molar-refractivity contribution in [3.05, 3.63) is 65.2 Å². The van der Waals surface area contributed by atoms with E-state index in [4.69, 9.17) is 14.2 Å². The Balaban J connectivity index is 1.71. The van der Waals surface area contributed by atoms with Crippen molar-refractivity contribution in [3.63, 3.8) is 0 Å². The number of Topliss-reactive ketones (excluding diaryl/α,β-unsaturated/α-hetero) is 1. The summed E-state index contributed by atoms with van der Waals surface area (Å²) in [5.74, 6) is -0.171. The highest BCUT2D eigenvalue weighted by Gasteiger charge is 2.46. The number of carbonyl (C=O) groups is 2. The van der Waals surface area contributed by atoms with Crippen LogP contribution in [0.2, 0.25) is 0 Å². The van der Waals surface area contributed by atoms with E-state index in [1.165, 1.54) is 0 Å². The summed E-state index contributed by atoms with van der Waals surface area (Å²) in [5.41, 5.74) is 1.25. The van der Waals surface area contributed by atoms with Gasteiger partial charge in [-0.3, -0.25) is 14.5 Å². The molecule has 0 unspecified atom stereocenters. The molecule has 192 valence electrons. The lowest BCUT2D eigenvalue weighted by molar-refractivity contribution is -0.140. The second kappa shape index (κ2) is 12.1. The summed E-state index contributed by atoms with van der Waals surface area (Å²) in [4.78, 5) is 30.3. The first-order valence-electron chi connectivity index (χ1n) is 12.6. The second-order valence-corrected chi connectivity index (χ2v) is 8.82. The summed E-state index contributed by atoms with van der Waals surface area (Å²) in [6.45, 7) is 8.84. The number of aliphatic hydroxyl groups is 1. The largest absolute Gasteiger partial charge is 0.507 e. The van der Waals surface area contributed by atoms with Gasteiger partial charge in [0.25, 0.3) is 11.7 Å². The van der Waals surface area contributed by atoms with E-state index in [-0.39, 0.29) is 11.3 Å². The number of ketones is 1. The van der Waals surface area contributed by atoms with Crippen LogP contribution in [0.15, 0.2) is 54.1 Å². The number of amides is 1. The molecule has 2 aliphatic rings. The minimum atomic E-state index is -0.720. The number of ether oxygens (including phenoxy) is 3. The third kappa shape index (κ3) is 5.71. The molecule has 1 atom stereocenters. The SMILES string of the molecule is CCCOc1cccc([C@H]2C(=C(O)c3ccc(OCC)cc3)C(=O)C(=O)N2CCN2CCOCC2)c1. The lowest BCUT2D eigenvalue weighted by atomic mass is 9.95. The number of likely N-dealkylation sites (tertiary alicyclic amines) is 1. The number of aliphatic hydroxyl groups excluding tert-OH is 1. The number of rotatable bonds is 10. The first kappa shape index (κ1) is 25.7. The zero-order valence-corrected chi connectivity index (χ0v) is 20.9. The standard InChI is InChI=1S/C28H34N2O6/c1-3-16-36-23-7-5-6-21(19-23)25-24(26(31)20-8-10-22(11-9-20)35-4-2)27(32)28(33)30(25)13-12-29-14-17-34-18-15-29/h5-11,19,25,31H,3-4,12-18H2,1-2H3/t25-/m0/s1. The lowest BCUT2D eigenvalue weighted by Gasteiger charge is -2.31. The van der Waals surface area contributed by atoms with Crippen molar-refractivity contribution < 1.29 is 28.9 Å². The molecule has 0 radical (unpaired) electrons. The zero-order valence-electron chi connectivity index (χ0n) is 20.9. The average Bonchev–Trinajstić information content (AvgIpc) is 3.16. The van der Waals surface area contributed by atoms with Crippen LogP contribution in [0.25, 0.3) is 5.76 Å². The number of nitrogens with zero attached hydrogens (tertiary/aromatic N) is 2. The molecule has 0 aliphatic carbocycles. The molecular weight excluding hydrogens is 460 g/mol. The van der Waals surface area contributed by atoms with Crippen LogP contribution in [0.3, 0.4) is 0 Å². The first-order chi connectivity index (χ1) is 17.5. The first-order valence-corrected chi connectivity index (χ1v) is 12.6. The van der Waals surface area contributed by atoms with Crippen LogP contribution in [0, 0.1) is 0 Å². The highest BCUT2D eigenvalue weighted by Crippen LogP contribution is 2.40. The normalized spacial score (nSPS) is 20.1. The molecule has 1 N–H and O–H groups in total. The van der Waals surface area contributed by atoms with E-state index in [1.54, 1.807) is 29.2 Å². The smallest absolute Gasteiger partial charge is 0.295 e. The van der Waals surface area contributed by atoms with Crippen LogP contribution in [0.4, 0.5) is 0 Å². The molecule has 2 aromatic carbocycles. The van der Waals surface area contributed by atoms with Gasteiger partial charge in [0, 0.05) is 31.7 Å². The molecule has 1 amide bonds. The van der Waals surface area contributed by atoms with Crippen molar-refractivity contribution >= 4 is 17.4 Å². The van der Waals surface area contributed by atoms with Gasteiger partial charge in [-0.05, 0) is 55.3 Å². The number of benzene rings is 2. The van der Waals surface area contributed by atoms with Gasteiger partial charge in [0.2, 0.25) is 0 Å². The van der Waals surface area contributed by atoms with Gasteiger partial charge in [0.05, 0.1) is 38.0 Å². The topological polar surface area (TPSA) is 88.5 Å². The van der Waals surface area contributed by atoms with Crippen LogP contribution in [0.1, 0.15) is 37.4 Å². The molecule has 0 bridgehead atoms. The fraction of sp³-hybridized carbons (Fsp3) is 0.429. The van der Waals surface area contributed by atoms with E-state index >= 15 is 0 Å². The quantitative estimate of drug-likeness (QED) is 0.307. The van der Waals surface area contributed by atoms with Crippen LogP contribution in [-0.4, -0.2) is 79.2 Å². The van der Waals surface area contributed by atoms with Gasteiger partial charge in [-0.2, -0.15) is 0 Å². The van der Waals surface area contributed by atoms with Crippen LogP contribution in [0.5, 0.6) is 11.5 Å². The average molecular weight is 495 g/mol. The van der Waals surface area contributed by atoms with E-state index < -0.39 is 17.7 Å². The molecular formula is C28H34N2O6. The van der Waals surface area contributed by atoms with Gasteiger partial charge in [-0.1, -0.05) is 19.1 Å². The van der Waals surface area contributed by atoms with Crippen molar-refractivity contribution in [2.75, 3.05) is 52.6 Å². The second-order valence-electron chi connectivity index (χ2n) is 8.82. The summed E-state index contributed by atoms with van der Waals surface area (Å²) >= 11 is 0. The van der Waals surface area contributed by atoms with Crippen molar-refractivity contribution in [1.29, 1.82) is 0 Å². The Morgan fingerprint density at radius 1 is 1.00 bits per heavy atom. The highest BCUT2D eigenvalue weighted by atomic mass is 16.5. The van der Waals surface area contributed by atoms with E-state index in [9.17, 15) is 14.7 Å². The number of carbonyl (C=O) groups excluding carboxylic acids is 2. The number of hydrogen-bond acceptors (Lipinski definition) is 7. The van der Waals surface area contributed by atoms with Gasteiger partial charge < -0.3 is 24.2 Å². The Bertz CT molecular complexity index is 1090. The third-order valence-electron chi connectivity index (χ3n) is 6.39. The summed E-state index contributed by atoms with van der Waals surface area (Å²) in [6.07, 6.45) is 0.861. The van der Waals surface area contributed by atoms with Crippen molar-refractivity contribution in [2.45, 2.75) is 26.3 Å². The van der Waals surface area contributed by atoms with Crippen LogP contribution < -0.4 is 9.47 Å². The molecule has 2 aromatic rings. The molecule has 8 nitrogen and oxygen atoms in total. The van der Waals surface area contributed by atoms with Gasteiger partial charge in [0.15, 0.2) is 0 Å². The van der Waals surface area contributed by atoms with Crippen molar-refractivity contribution in [3.8, 4) is 11.5 Å². The number of hydrogen-bond donors (Lipinski definition) is 1. The Kier molecular flexibility index (Phi) is 8.61. The van der Waals surface area contributed by atoms with Crippen LogP contribution in [-0.2, 0) is 14.3 Å². The van der Waals surface area contributed by atoms with Gasteiger partial charge in [0.1, 0.15) is 17.3 Å². The van der Waals surface area contributed by atoms with Crippen molar-refractivity contribution in [1.82, 2.24) is 9.80 Å². The molecule has 2 aliphatic heterocycles. The van der Waals surface area contributed by atoms with E-state index in [2.05, 4.69) is 4.90 Å². The summed E-state index contributed by atoms with van der Waals surface area (Å²) in [5, 5.41) is 11.3. The van der Waals surface area contributed by atoms with Gasteiger partial charge in [-0.25, -0.2) is 0 Å². The maximum absolute atomic E-state index is 13.3. The van der Waals surface area contributed by atoms with E-state index in [0.717, 1.165) is 25.1 Å². The van der Waals surface area contributed by atoms with E-state index in [0.29, 0.717) is 56.6 Å². The number of morpholine rings is 1. The Labute approximate surface area is 212 Å². The molecule has 2 fully saturated rings. The summed E-state index contributed by atoms with van der Waals surface area (Å²) < 4.78 is 16.7. The minimum absolute atomic E-state index is 0.0822. The van der Waals surface area contributed by atoms with Crippen LogP contribution >= 0.6 is 0 Å². The maximum Gasteiger partial charge on any atom is 0.295 e. The zero-order chi connectivity index (χ0) is 25.5. The third-order valence-corrected chi connectivity index (χ3v) is 6.39. The molecule has 4 rings (SSSR count). The lowest BCUT2D eigenvalue weighted by Crippen LogP contribution is -2.42. The van der Waals surface area contributed by atoms with E-state index in [1.807, 2.05) is 38.1 Å². The predicted molar refractivity (Wildman–Crippen MR) is 136 cm³/mol. The molecule has 0 aromatic heterocycles. The van der Waals surface area contributed by atoms with Gasteiger partial charge in [-0.15, -0.1) is 0 Å². The predicted octanol–water partition coefficient (Wildman–Crippen LogP) is 3.63. The summed E-state index contributed by atoms with van der Waals surface area (Å²) in [6, 6.07) is 13.6. The molecule has 2 saturated heterocycles. The highest BCUT2D eigenvalue weighted by molar-refractivity contribution is 6.46. The molecule has 0 saturated carbocycles. The molecule has 2 heterocycles. The molecule has 36 heavy (non-hydrogen) atoms. The molecule has 0 spiro atoms. The monoisotopic (exact) mass is 494 g/mol. The Morgan fingerprint density at radius 3 is 2.44 bits per heavy atom. The Morgan fingerprint density at radius 2 is 1.75 bits per heavy atom. The summed E-state index contributed by atoms with van der Waals surface area (Å²) in [7, 11) is 0. The maximum atomic E-state index is 13.3. The van der Waals surface area contributed by atoms with Crippen molar-refractivity contribution in [2.24, 2.45) is 0 Å². The fourth-order valence-electron chi connectivity index (χ4n) is 4.56. The Hall–Kier alpha value is -3.36. The molecule has 8 heteroatoms.